The summed E-state index contributed by atoms with van der Waals surface area (Å²) in [6.07, 6.45) is 0.580. The van der Waals surface area contributed by atoms with Crippen molar-refractivity contribution in [2.75, 3.05) is 9.80 Å². The summed E-state index contributed by atoms with van der Waals surface area (Å²) in [7, 11) is -1.40. The Kier molecular flexibility index (Phi) is 15.9. The van der Waals surface area contributed by atoms with Gasteiger partial charge in [-0.25, -0.2) is 0 Å². The molecule has 4 heteroatoms. The van der Waals surface area contributed by atoms with Gasteiger partial charge in [0.2, 0.25) is 0 Å². The van der Waals surface area contributed by atoms with E-state index >= 15 is 0 Å². The van der Waals surface area contributed by atoms with Gasteiger partial charge in [0.1, 0.15) is 8.07 Å². The highest BCUT2D eigenvalue weighted by molar-refractivity contribution is 9.10. The molecule has 0 atom stereocenters. The molecule has 10 rings (SSSR count). The highest BCUT2D eigenvalue weighted by Crippen LogP contribution is 2.41. The van der Waals surface area contributed by atoms with Gasteiger partial charge in [-0.15, -0.1) is 5.54 Å². The van der Waals surface area contributed by atoms with Crippen LogP contribution in [-0.4, -0.2) is 8.07 Å². The number of anilines is 6. The fraction of sp³-hybridized carbons (Fsp3) is 0.0588. The van der Waals surface area contributed by atoms with Crippen LogP contribution in [0.4, 0.5) is 34.1 Å². The van der Waals surface area contributed by atoms with Crippen molar-refractivity contribution in [1.29, 1.82) is 0 Å². The number of hydrogen-bond donors (Lipinski definition) is 0. The Morgan fingerprint density at radius 1 is 0.319 bits per heavy atom. The molecule has 0 aromatic heterocycles. The van der Waals surface area contributed by atoms with E-state index in [1.165, 1.54) is 44.5 Å². The van der Waals surface area contributed by atoms with Crippen LogP contribution in [0.25, 0.3) is 44.5 Å². The summed E-state index contributed by atoms with van der Waals surface area (Å²) in [4.78, 5) is 4.58. The minimum atomic E-state index is -1.40. The van der Waals surface area contributed by atoms with Gasteiger partial charge in [-0.3, -0.25) is 0 Å². The number of halogens is 1. The Morgan fingerprint density at radius 3 is 0.958 bits per heavy atom. The fourth-order valence-corrected chi connectivity index (χ4v) is 9.57. The molecule has 348 valence electrons. The van der Waals surface area contributed by atoms with Crippen LogP contribution in [0.1, 0.15) is 12.0 Å². The van der Waals surface area contributed by atoms with E-state index in [0.29, 0.717) is 6.42 Å². The van der Waals surface area contributed by atoms with Crippen LogP contribution in [0, 0.1) is 23.3 Å². The van der Waals surface area contributed by atoms with E-state index in [1.54, 1.807) is 0 Å². The van der Waals surface area contributed by atoms with Crippen molar-refractivity contribution in [2.24, 2.45) is 0 Å². The third-order valence-electron chi connectivity index (χ3n) is 12.0. The summed E-state index contributed by atoms with van der Waals surface area (Å²) >= 11 is 3.75. The van der Waals surface area contributed by atoms with Gasteiger partial charge in [-0.2, -0.15) is 0 Å². The lowest BCUT2D eigenvalue weighted by atomic mass is 10.0. The van der Waals surface area contributed by atoms with Crippen LogP contribution >= 0.6 is 15.9 Å². The molecule has 0 saturated heterocycles. The second-order valence-corrected chi connectivity index (χ2v) is 23.9. The second-order valence-electron chi connectivity index (χ2n) is 18.3. The highest BCUT2D eigenvalue weighted by Gasteiger charge is 2.18. The molecule has 0 spiro atoms. The standard InChI is InChI=1S/C38H33NSi.C30H22BrN/c1-40(2,3)30-14-6-11-19-35-20-12-13-21-38(35)39(36-26-22-33(23-27-36)31-15-7-4-8-16-31)37-28-24-34(25-29-37)32-17-9-5-10-18-32;31-29-13-7-8-14-30(29)32(27-19-15-25(16-20-27)23-9-3-1-4-10-23)28-21-17-26(18-22-28)24-11-5-2-6-12-24/h4-5,7-10,12-13,15-18,20-29H,6H2,1-3H3;1-22H. The number of nitrogens with zero attached hydrogens (tertiary/aromatic N) is 2. The third kappa shape index (κ3) is 12.5. The Labute approximate surface area is 436 Å². The van der Waals surface area contributed by atoms with Crippen molar-refractivity contribution in [3.05, 3.63) is 277 Å². The van der Waals surface area contributed by atoms with Crippen molar-refractivity contribution in [2.45, 2.75) is 26.1 Å². The Bertz CT molecular complexity index is 3270. The molecule has 10 aromatic carbocycles. The van der Waals surface area contributed by atoms with Crippen LogP contribution in [0.15, 0.2) is 271 Å². The zero-order valence-corrected chi connectivity index (χ0v) is 43.5. The predicted octanol–water partition coefficient (Wildman–Crippen LogP) is 19.4. The maximum atomic E-state index is 3.75. The molecule has 0 radical (unpaired) electrons. The molecular weight excluding hydrogens is 953 g/mol. The fourth-order valence-electron chi connectivity index (χ4n) is 8.49. The smallest absolute Gasteiger partial charge is 0.129 e. The Morgan fingerprint density at radius 2 is 0.611 bits per heavy atom. The van der Waals surface area contributed by atoms with Gasteiger partial charge >= 0.3 is 0 Å². The second kappa shape index (κ2) is 23.5. The van der Waals surface area contributed by atoms with E-state index in [9.17, 15) is 0 Å². The SMILES string of the molecule is Brc1ccccc1N(c1ccc(-c2ccccc2)cc1)c1ccc(-c2ccccc2)cc1.C[Si](C)(C)C#CCC#Cc1ccccc1N(c1ccc(-c2ccccc2)cc1)c1ccc(-c2ccccc2)cc1. The van der Waals surface area contributed by atoms with Crippen molar-refractivity contribution >= 4 is 58.1 Å². The Balaban J connectivity index is 0.000000182. The van der Waals surface area contributed by atoms with Crippen molar-refractivity contribution in [3.63, 3.8) is 0 Å². The zero-order valence-electron chi connectivity index (χ0n) is 40.9. The van der Waals surface area contributed by atoms with Gasteiger partial charge in [-0.1, -0.05) is 232 Å². The zero-order chi connectivity index (χ0) is 49.5. The molecule has 72 heavy (non-hydrogen) atoms. The number of rotatable bonds is 10. The Hall–Kier alpha value is -8.38. The summed E-state index contributed by atoms with van der Waals surface area (Å²) in [5, 5.41) is 0. The van der Waals surface area contributed by atoms with E-state index in [-0.39, 0.29) is 0 Å². The molecule has 2 nitrogen and oxygen atoms in total. The molecule has 0 bridgehead atoms. The summed E-state index contributed by atoms with van der Waals surface area (Å²) in [6, 6.07) is 93.7. The topological polar surface area (TPSA) is 6.48 Å². The van der Waals surface area contributed by atoms with Crippen LogP contribution in [-0.2, 0) is 0 Å². The van der Waals surface area contributed by atoms with Crippen molar-refractivity contribution < 1.29 is 0 Å². The van der Waals surface area contributed by atoms with Crippen molar-refractivity contribution in [1.82, 2.24) is 0 Å². The van der Waals surface area contributed by atoms with E-state index in [1.807, 2.05) is 30.3 Å². The highest BCUT2D eigenvalue weighted by atomic mass is 79.9. The summed E-state index contributed by atoms with van der Waals surface area (Å²) < 4.78 is 1.05. The lowest BCUT2D eigenvalue weighted by Crippen LogP contribution is -2.16. The molecule has 0 saturated carbocycles. The first-order valence-corrected chi connectivity index (χ1v) is 28.6. The van der Waals surface area contributed by atoms with Crippen LogP contribution in [0.5, 0.6) is 0 Å². The molecule has 0 unspecified atom stereocenters. The van der Waals surface area contributed by atoms with Gasteiger partial charge in [-0.05, 0) is 133 Å². The molecule has 0 amide bonds. The van der Waals surface area contributed by atoms with Gasteiger partial charge in [0.05, 0.1) is 17.8 Å². The predicted molar refractivity (Wildman–Crippen MR) is 314 cm³/mol. The minimum absolute atomic E-state index is 0.580. The summed E-state index contributed by atoms with van der Waals surface area (Å²) in [6.45, 7) is 6.77. The number of hydrogen-bond acceptors (Lipinski definition) is 2. The molecule has 0 aliphatic heterocycles. The molecule has 0 heterocycles. The van der Waals surface area contributed by atoms with E-state index < -0.39 is 8.07 Å². The summed E-state index contributed by atoms with van der Waals surface area (Å²) in [5.74, 6) is 10.00. The maximum Gasteiger partial charge on any atom is 0.129 e. The van der Waals surface area contributed by atoms with Crippen LogP contribution < -0.4 is 9.80 Å². The average Bonchev–Trinajstić information content (AvgIpc) is 3.43. The molecular formula is C68H55BrN2Si. The largest absolute Gasteiger partial charge is 0.309 e. The van der Waals surface area contributed by atoms with Crippen LogP contribution in [0.2, 0.25) is 19.6 Å². The molecule has 0 aliphatic rings. The first-order valence-electron chi connectivity index (χ1n) is 24.3. The van der Waals surface area contributed by atoms with E-state index in [4.69, 9.17) is 0 Å². The van der Waals surface area contributed by atoms with Gasteiger partial charge in [0.25, 0.3) is 0 Å². The van der Waals surface area contributed by atoms with Gasteiger partial charge in [0, 0.05) is 32.8 Å². The monoisotopic (exact) mass is 1010 g/mol. The first-order chi connectivity index (χ1) is 35.3. The third-order valence-corrected chi connectivity index (χ3v) is 13.6. The number of para-hydroxylation sites is 2. The molecule has 0 fully saturated rings. The lowest BCUT2D eigenvalue weighted by molar-refractivity contribution is 1.27. The molecule has 10 aromatic rings. The normalized spacial score (nSPS) is 10.6. The maximum absolute atomic E-state index is 3.75. The van der Waals surface area contributed by atoms with Crippen molar-refractivity contribution in [3.8, 4) is 67.8 Å². The average molecular weight is 1010 g/mol. The molecule has 0 N–H and O–H groups in total. The van der Waals surface area contributed by atoms with Crippen LogP contribution in [0.3, 0.4) is 0 Å². The van der Waals surface area contributed by atoms with E-state index in [0.717, 1.165) is 44.2 Å². The van der Waals surface area contributed by atoms with Gasteiger partial charge < -0.3 is 9.80 Å². The number of benzene rings is 10. The quantitative estimate of drug-likeness (QED) is 0.0995. The first kappa shape index (κ1) is 48.6. The molecule has 0 aliphatic carbocycles. The minimum Gasteiger partial charge on any atom is -0.309 e. The van der Waals surface area contributed by atoms with E-state index in [2.05, 4.69) is 305 Å². The summed E-state index contributed by atoms with van der Waals surface area (Å²) in [5.41, 5.74) is 20.6. The lowest BCUT2D eigenvalue weighted by Gasteiger charge is -2.27. The van der Waals surface area contributed by atoms with Gasteiger partial charge in [0.15, 0.2) is 0 Å².